The van der Waals surface area contributed by atoms with Gasteiger partial charge in [0.15, 0.2) is 11.8 Å². The number of carbonyl (C=O) groups excluding carboxylic acids is 1. The molecule has 1 fully saturated rings. The lowest BCUT2D eigenvalue weighted by molar-refractivity contribution is -0.233. The maximum Gasteiger partial charge on any atom is 0.416 e. The second kappa shape index (κ2) is 8.70. The molecule has 1 saturated heterocycles. The number of alkyl halides is 3. The fourth-order valence-corrected chi connectivity index (χ4v) is 3.52. The highest BCUT2D eigenvalue weighted by molar-refractivity contribution is 5.91. The molecule has 1 atom stereocenters. The molecule has 4 rings (SSSR count). The first-order valence-electron chi connectivity index (χ1n) is 10.2. The minimum atomic E-state index is -4.51. The molecule has 32 heavy (non-hydrogen) atoms. The molecule has 1 aliphatic heterocycles. The summed E-state index contributed by atoms with van der Waals surface area (Å²) in [6.07, 6.45) is -2.34. The van der Waals surface area contributed by atoms with Gasteiger partial charge in [0.05, 0.1) is 13.2 Å². The van der Waals surface area contributed by atoms with E-state index in [1.54, 1.807) is 24.5 Å². The number of morpholine rings is 1. The Labute approximate surface area is 182 Å². The van der Waals surface area contributed by atoms with Crippen LogP contribution in [-0.4, -0.2) is 57.9 Å². The summed E-state index contributed by atoms with van der Waals surface area (Å²) < 4.78 is 43.6. The van der Waals surface area contributed by atoms with Gasteiger partial charge in [-0.25, -0.2) is 19.7 Å². The van der Waals surface area contributed by atoms with E-state index in [1.807, 2.05) is 26.0 Å². The number of fused-ring (bicyclic) bond motifs is 1. The van der Waals surface area contributed by atoms with E-state index >= 15 is 0 Å². The number of rotatable bonds is 3. The Balaban J connectivity index is 1.55. The first-order valence-corrected chi connectivity index (χ1v) is 10.2. The van der Waals surface area contributed by atoms with Crippen LogP contribution in [-0.2, 0) is 11.2 Å². The Hall–Kier alpha value is -3.27. The first kappa shape index (κ1) is 21.9. The molecule has 0 radical (unpaired) electrons. The second-order valence-electron chi connectivity index (χ2n) is 7.58. The third kappa shape index (κ3) is 4.64. The largest absolute Gasteiger partial charge is 0.416 e. The van der Waals surface area contributed by atoms with Gasteiger partial charge in [-0.3, -0.25) is 0 Å². The zero-order valence-corrected chi connectivity index (χ0v) is 17.6. The molecule has 0 bridgehead atoms. The molecule has 0 spiro atoms. The quantitative estimate of drug-likeness (QED) is 0.648. The summed E-state index contributed by atoms with van der Waals surface area (Å²) in [5.74, 6) is 0.717. The predicted molar refractivity (Wildman–Crippen MR) is 113 cm³/mol. The number of ether oxygens (including phenoxy) is 1. The highest BCUT2D eigenvalue weighted by atomic mass is 19.4. The normalized spacial score (nSPS) is 16.9. The van der Waals surface area contributed by atoms with E-state index in [0.29, 0.717) is 17.8 Å². The van der Waals surface area contributed by atoms with Crippen molar-refractivity contribution in [2.45, 2.75) is 32.5 Å². The molecule has 2 amide bonds. The zero-order valence-electron chi connectivity index (χ0n) is 17.6. The lowest BCUT2D eigenvalue weighted by Crippen LogP contribution is -2.52. The van der Waals surface area contributed by atoms with Crippen molar-refractivity contribution in [3.05, 3.63) is 48.0 Å². The first-order chi connectivity index (χ1) is 15.2. The number of halogens is 3. The number of hydrogen-bond donors (Lipinski definition) is 1. The Bertz CT molecular complexity index is 1150. The van der Waals surface area contributed by atoms with Gasteiger partial charge in [-0.05, 0) is 36.2 Å². The Morgan fingerprint density at radius 2 is 2.06 bits per heavy atom. The van der Waals surface area contributed by atoms with Crippen molar-refractivity contribution >= 4 is 22.8 Å². The lowest BCUT2D eigenvalue weighted by Gasteiger charge is -2.33. The van der Waals surface area contributed by atoms with Crippen LogP contribution in [0.25, 0.3) is 22.2 Å². The van der Waals surface area contributed by atoms with Crippen LogP contribution in [0.2, 0.25) is 0 Å². The van der Waals surface area contributed by atoms with Crippen molar-refractivity contribution in [3.63, 3.8) is 0 Å². The summed E-state index contributed by atoms with van der Waals surface area (Å²) in [4.78, 5) is 26.8. The van der Waals surface area contributed by atoms with E-state index in [1.165, 1.54) is 0 Å². The molecular weight excluding hydrogens is 423 g/mol. The van der Waals surface area contributed by atoms with Crippen LogP contribution in [0.15, 0.2) is 36.7 Å². The molecule has 3 aromatic rings. The molecule has 1 aromatic carbocycles. The van der Waals surface area contributed by atoms with Crippen LogP contribution in [0.5, 0.6) is 0 Å². The number of aryl methyl sites for hydroxylation is 2. The highest BCUT2D eigenvalue weighted by Gasteiger charge is 2.44. The van der Waals surface area contributed by atoms with Gasteiger partial charge >= 0.3 is 12.2 Å². The van der Waals surface area contributed by atoms with Crippen molar-refractivity contribution in [2.75, 3.05) is 25.0 Å². The summed E-state index contributed by atoms with van der Waals surface area (Å²) >= 11 is 0. The lowest BCUT2D eigenvalue weighted by atomic mass is 10.0. The van der Waals surface area contributed by atoms with Crippen molar-refractivity contribution in [1.82, 2.24) is 19.9 Å². The van der Waals surface area contributed by atoms with Crippen LogP contribution >= 0.6 is 0 Å². The molecule has 0 aliphatic carbocycles. The molecule has 1 aliphatic rings. The SMILES string of the molecule is CCc1ncc2cc(-c3cc(NC(=O)N4CCO[C@H](C(F)(F)F)C4)ccc3C)cnc2n1. The molecule has 7 nitrogen and oxygen atoms in total. The molecule has 2 aromatic heterocycles. The fourth-order valence-electron chi connectivity index (χ4n) is 3.52. The van der Waals surface area contributed by atoms with Crippen LogP contribution < -0.4 is 5.32 Å². The number of hydrogen-bond acceptors (Lipinski definition) is 5. The van der Waals surface area contributed by atoms with E-state index in [-0.39, 0.29) is 13.2 Å². The van der Waals surface area contributed by atoms with E-state index in [4.69, 9.17) is 4.74 Å². The van der Waals surface area contributed by atoms with Gasteiger partial charge in [0, 0.05) is 42.0 Å². The zero-order chi connectivity index (χ0) is 22.9. The number of nitrogens with one attached hydrogen (secondary N) is 1. The van der Waals surface area contributed by atoms with Crippen LogP contribution in [0, 0.1) is 6.92 Å². The standard InChI is InChI=1S/C22H22F3N5O2/c1-3-19-26-11-15-8-14(10-27-20(15)29-19)17-9-16(5-4-13(17)2)28-21(31)30-6-7-32-18(12-30)22(23,24)25/h4-5,8-11,18H,3,6-7,12H2,1-2H3,(H,28,31)/t18-/m0/s1. The number of benzene rings is 1. The average molecular weight is 445 g/mol. The van der Waals surface area contributed by atoms with Crippen molar-refractivity contribution in [2.24, 2.45) is 0 Å². The number of amides is 2. The van der Waals surface area contributed by atoms with Gasteiger partial charge in [0.25, 0.3) is 0 Å². The molecule has 0 saturated carbocycles. The van der Waals surface area contributed by atoms with Crippen LogP contribution in [0.3, 0.4) is 0 Å². The molecule has 10 heteroatoms. The topological polar surface area (TPSA) is 80.2 Å². The van der Waals surface area contributed by atoms with Gasteiger partial charge in [-0.1, -0.05) is 13.0 Å². The third-order valence-corrected chi connectivity index (χ3v) is 5.32. The van der Waals surface area contributed by atoms with Crippen LogP contribution in [0.4, 0.5) is 23.7 Å². The van der Waals surface area contributed by atoms with Crippen LogP contribution in [0.1, 0.15) is 18.3 Å². The van der Waals surface area contributed by atoms with Crippen molar-refractivity contribution < 1.29 is 22.7 Å². The maximum atomic E-state index is 12.9. The number of carbonyl (C=O) groups is 1. The Morgan fingerprint density at radius 1 is 1.25 bits per heavy atom. The summed E-state index contributed by atoms with van der Waals surface area (Å²) in [6.45, 7) is 3.28. The summed E-state index contributed by atoms with van der Waals surface area (Å²) in [5.41, 5.74) is 3.70. The minimum absolute atomic E-state index is 0.0888. The maximum absolute atomic E-state index is 12.9. The number of nitrogens with zero attached hydrogens (tertiary/aromatic N) is 4. The van der Waals surface area contributed by atoms with Crippen molar-refractivity contribution in [1.29, 1.82) is 0 Å². The van der Waals surface area contributed by atoms with E-state index in [0.717, 1.165) is 32.8 Å². The number of urea groups is 1. The molecule has 0 unspecified atom stereocenters. The molecule has 1 N–H and O–H groups in total. The minimum Gasteiger partial charge on any atom is -0.365 e. The predicted octanol–water partition coefficient (Wildman–Crippen LogP) is 4.36. The number of pyridine rings is 1. The summed E-state index contributed by atoms with van der Waals surface area (Å²) in [7, 11) is 0. The number of anilines is 1. The highest BCUT2D eigenvalue weighted by Crippen LogP contribution is 2.29. The summed E-state index contributed by atoms with van der Waals surface area (Å²) in [5, 5.41) is 3.48. The Morgan fingerprint density at radius 3 is 2.81 bits per heavy atom. The van der Waals surface area contributed by atoms with Gasteiger partial charge in [0.1, 0.15) is 5.82 Å². The smallest absolute Gasteiger partial charge is 0.365 e. The second-order valence-corrected chi connectivity index (χ2v) is 7.58. The third-order valence-electron chi connectivity index (χ3n) is 5.32. The van der Waals surface area contributed by atoms with Gasteiger partial charge < -0.3 is 15.0 Å². The van der Waals surface area contributed by atoms with Gasteiger partial charge in [-0.15, -0.1) is 0 Å². The monoisotopic (exact) mass is 445 g/mol. The fraction of sp³-hybridized carbons (Fsp3) is 0.364. The van der Waals surface area contributed by atoms with E-state index in [2.05, 4.69) is 20.3 Å². The van der Waals surface area contributed by atoms with Gasteiger partial charge in [0.2, 0.25) is 0 Å². The molecule has 3 heterocycles. The average Bonchev–Trinajstić information content (AvgIpc) is 2.79. The van der Waals surface area contributed by atoms with E-state index < -0.39 is 24.9 Å². The number of aromatic nitrogens is 3. The Kier molecular flexibility index (Phi) is 5.96. The molecule has 168 valence electrons. The van der Waals surface area contributed by atoms with E-state index in [9.17, 15) is 18.0 Å². The van der Waals surface area contributed by atoms with Crippen molar-refractivity contribution in [3.8, 4) is 11.1 Å². The summed E-state index contributed by atoms with van der Waals surface area (Å²) in [6, 6.07) is 6.65. The van der Waals surface area contributed by atoms with Gasteiger partial charge in [-0.2, -0.15) is 13.2 Å². The molecular formula is C22H22F3N5O2.